The van der Waals surface area contributed by atoms with E-state index in [1.165, 1.54) is 5.56 Å². The number of anilines is 1. The van der Waals surface area contributed by atoms with E-state index in [-0.39, 0.29) is 5.92 Å². The molecule has 2 atom stereocenters. The summed E-state index contributed by atoms with van der Waals surface area (Å²) in [6, 6.07) is 16.7. The lowest BCUT2D eigenvalue weighted by atomic mass is 9.91. The van der Waals surface area contributed by atoms with Crippen molar-refractivity contribution in [3.05, 3.63) is 82.7 Å². The summed E-state index contributed by atoms with van der Waals surface area (Å²) in [5.41, 5.74) is 6.00. The zero-order valence-electron chi connectivity index (χ0n) is 21.8. The molecule has 4 aromatic rings. The number of hydrogen-bond acceptors (Lipinski definition) is 6. The number of piperazine rings is 1. The molecule has 3 heterocycles. The van der Waals surface area contributed by atoms with Crippen LogP contribution < -0.4 is 9.64 Å². The Morgan fingerprint density at radius 2 is 1.92 bits per heavy atom. The predicted molar refractivity (Wildman–Crippen MR) is 150 cm³/mol. The molecule has 0 radical (unpaired) electrons. The molecule has 1 saturated carbocycles. The highest BCUT2D eigenvalue weighted by molar-refractivity contribution is 6.01. The summed E-state index contributed by atoms with van der Waals surface area (Å²) in [6.45, 7) is 4.16. The van der Waals surface area contributed by atoms with E-state index in [9.17, 15) is 4.79 Å². The van der Waals surface area contributed by atoms with Gasteiger partial charge >= 0.3 is 0 Å². The molecule has 0 unspecified atom stereocenters. The Morgan fingerprint density at radius 3 is 2.71 bits per heavy atom. The summed E-state index contributed by atoms with van der Waals surface area (Å²) < 4.78 is 5.45. The molecule has 7 nitrogen and oxygen atoms in total. The number of Topliss-reactive ketones (excluding diaryl/α,β-unsaturated/α-hetero) is 1. The van der Waals surface area contributed by atoms with Gasteiger partial charge in [-0.1, -0.05) is 24.3 Å². The third-order valence-electron chi connectivity index (χ3n) is 8.66. The maximum absolute atomic E-state index is 13.1. The van der Waals surface area contributed by atoms with Crippen molar-refractivity contribution in [3.63, 3.8) is 0 Å². The smallest absolute Gasteiger partial charge is 0.148 e. The first-order chi connectivity index (χ1) is 18.5. The van der Waals surface area contributed by atoms with E-state index in [4.69, 9.17) is 4.74 Å². The van der Waals surface area contributed by atoms with Gasteiger partial charge in [0.15, 0.2) is 0 Å². The maximum atomic E-state index is 13.1. The summed E-state index contributed by atoms with van der Waals surface area (Å²) in [4.78, 5) is 22.5. The molecule has 2 aromatic carbocycles. The second kappa shape index (κ2) is 8.81. The average Bonchev–Trinajstić information content (AvgIpc) is 3.49. The number of nitrogens with one attached hydrogen (secondary N) is 1. The monoisotopic (exact) mass is 505 g/mol. The van der Waals surface area contributed by atoms with Crippen molar-refractivity contribution < 1.29 is 9.53 Å². The number of H-pyrrole nitrogens is 1. The SMILES string of the molecule is COc1ccc2c(c1)[C@]1(C[C@@H]1c1ccc3c(/C=C/c4ccc(N5CCN(C)CC5)nc4)n[nH]c3c1)C(=O)C2. The first kappa shape index (κ1) is 23.2. The van der Waals surface area contributed by atoms with E-state index in [0.29, 0.717) is 12.2 Å². The van der Waals surface area contributed by atoms with Crippen molar-refractivity contribution in [2.45, 2.75) is 24.2 Å². The fraction of sp³-hybridized carbons (Fsp3) is 0.323. The van der Waals surface area contributed by atoms with Crippen LogP contribution in [-0.4, -0.2) is 66.2 Å². The lowest BCUT2D eigenvalue weighted by molar-refractivity contribution is -0.120. The molecule has 2 fully saturated rings. The van der Waals surface area contributed by atoms with Gasteiger partial charge in [0.05, 0.1) is 23.7 Å². The van der Waals surface area contributed by atoms with Gasteiger partial charge in [-0.25, -0.2) is 4.98 Å². The molecule has 2 aromatic heterocycles. The molecule has 7 heteroatoms. The van der Waals surface area contributed by atoms with Gasteiger partial charge < -0.3 is 14.5 Å². The number of aromatic nitrogens is 3. The number of likely N-dealkylation sites (N-methyl/N-ethyl adjacent to an activating group) is 1. The number of hydrogen-bond donors (Lipinski definition) is 1. The molecule has 0 bridgehead atoms. The summed E-state index contributed by atoms with van der Waals surface area (Å²) in [7, 11) is 3.84. The lowest BCUT2D eigenvalue weighted by Gasteiger charge is -2.33. The average molecular weight is 506 g/mol. The largest absolute Gasteiger partial charge is 0.497 e. The standard InChI is InChI=1S/C31H31N5O2/c1-35-11-13-36(14-12-35)30-10-4-20(19-32-30)3-9-27-24-8-6-21(15-28(24)34-33-27)26-18-31(26)25-17-23(38-2)7-5-22(25)16-29(31)37/h3-10,15,17,19,26H,11-14,16,18H2,1-2H3,(H,33,34)/b9-3+/t26-,31+/m1/s1. The van der Waals surface area contributed by atoms with E-state index in [1.807, 2.05) is 24.4 Å². The van der Waals surface area contributed by atoms with Crippen LogP contribution >= 0.6 is 0 Å². The Morgan fingerprint density at radius 1 is 1.05 bits per heavy atom. The quantitative estimate of drug-likeness (QED) is 0.432. The molecule has 7 rings (SSSR count). The number of ether oxygens (including phenoxy) is 1. The Labute approximate surface area is 222 Å². The first-order valence-corrected chi connectivity index (χ1v) is 13.3. The van der Waals surface area contributed by atoms with Gasteiger partial charge in [0.25, 0.3) is 0 Å². The first-order valence-electron chi connectivity index (χ1n) is 13.3. The summed E-state index contributed by atoms with van der Waals surface area (Å²) in [5, 5.41) is 8.83. The minimum absolute atomic E-state index is 0.194. The Kier molecular flexibility index (Phi) is 5.37. The Hall–Kier alpha value is -3.97. The number of nitrogens with zero attached hydrogens (tertiary/aromatic N) is 4. The number of aromatic amines is 1. The fourth-order valence-corrected chi connectivity index (χ4v) is 6.30. The van der Waals surface area contributed by atoms with Gasteiger partial charge in [0.1, 0.15) is 17.4 Å². The molecule has 1 N–H and O–H groups in total. The molecule has 1 saturated heterocycles. The number of fused-ring (bicyclic) bond motifs is 3. The van der Waals surface area contributed by atoms with Crippen LogP contribution in [0.15, 0.2) is 54.7 Å². The summed E-state index contributed by atoms with van der Waals surface area (Å²) in [5.74, 6) is 2.37. The number of methoxy groups -OCH3 is 1. The zero-order valence-corrected chi connectivity index (χ0v) is 21.8. The van der Waals surface area contributed by atoms with E-state index in [2.05, 4.69) is 74.5 Å². The zero-order chi connectivity index (χ0) is 25.9. The molecule has 1 spiro atoms. The van der Waals surface area contributed by atoms with Gasteiger partial charge in [-0.2, -0.15) is 5.10 Å². The summed E-state index contributed by atoms with van der Waals surface area (Å²) >= 11 is 0. The molecular weight excluding hydrogens is 474 g/mol. The maximum Gasteiger partial charge on any atom is 0.148 e. The Balaban J connectivity index is 1.09. The molecule has 192 valence electrons. The molecule has 1 aliphatic heterocycles. The van der Waals surface area contributed by atoms with Gasteiger partial charge in [0.2, 0.25) is 0 Å². The number of carbonyl (C=O) groups is 1. The van der Waals surface area contributed by atoms with Crippen LogP contribution in [0.25, 0.3) is 23.1 Å². The van der Waals surface area contributed by atoms with Gasteiger partial charge in [-0.15, -0.1) is 0 Å². The lowest BCUT2D eigenvalue weighted by Crippen LogP contribution is -2.44. The van der Waals surface area contributed by atoms with Crippen molar-refractivity contribution in [1.82, 2.24) is 20.1 Å². The number of pyridine rings is 1. The molecule has 38 heavy (non-hydrogen) atoms. The molecular formula is C31H31N5O2. The molecule has 2 aliphatic carbocycles. The second-order valence-corrected chi connectivity index (χ2v) is 10.8. The minimum Gasteiger partial charge on any atom is -0.497 e. The van der Waals surface area contributed by atoms with Crippen molar-refractivity contribution in [2.24, 2.45) is 0 Å². The number of carbonyl (C=O) groups excluding carboxylic acids is 1. The van der Waals surface area contributed by atoms with Crippen LogP contribution in [-0.2, 0) is 16.6 Å². The van der Waals surface area contributed by atoms with Crippen LogP contribution in [0.3, 0.4) is 0 Å². The molecule has 0 amide bonds. The van der Waals surface area contributed by atoms with Gasteiger partial charge in [-0.3, -0.25) is 9.89 Å². The van der Waals surface area contributed by atoms with Crippen molar-refractivity contribution >= 4 is 34.7 Å². The fourth-order valence-electron chi connectivity index (χ4n) is 6.30. The number of benzene rings is 2. The highest BCUT2D eigenvalue weighted by Gasteiger charge is 2.64. The summed E-state index contributed by atoms with van der Waals surface area (Å²) in [6.07, 6.45) is 7.39. The van der Waals surface area contributed by atoms with Crippen molar-refractivity contribution in [2.75, 3.05) is 45.2 Å². The van der Waals surface area contributed by atoms with Crippen LogP contribution in [0.2, 0.25) is 0 Å². The van der Waals surface area contributed by atoms with Crippen LogP contribution in [0.1, 0.15) is 40.3 Å². The topological polar surface area (TPSA) is 74.3 Å². The van der Waals surface area contributed by atoms with Crippen LogP contribution in [0.4, 0.5) is 5.82 Å². The van der Waals surface area contributed by atoms with E-state index in [0.717, 1.165) is 77.5 Å². The third kappa shape index (κ3) is 3.72. The number of ketones is 1. The van der Waals surface area contributed by atoms with Crippen molar-refractivity contribution in [1.29, 1.82) is 0 Å². The minimum atomic E-state index is -0.399. The van der Waals surface area contributed by atoms with Gasteiger partial charge in [-0.05, 0) is 72.1 Å². The van der Waals surface area contributed by atoms with Crippen LogP contribution in [0.5, 0.6) is 5.75 Å². The molecule has 3 aliphatic rings. The van der Waals surface area contributed by atoms with E-state index in [1.54, 1.807) is 7.11 Å². The van der Waals surface area contributed by atoms with Gasteiger partial charge in [0, 0.05) is 50.1 Å². The third-order valence-corrected chi connectivity index (χ3v) is 8.66. The highest BCUT2D eigenvalue weighted by Crippen LogP contribution is 2.65. The second-order valence-electron chi connectivity index (χ2n) is 10.8. The highest BCUT2D eigenvalue weighted by atomic mass is 16.5. The van der Waals surface area contributed by atoms with Crippen LogP contribution in [0, 0.1) is 0 Å². The normalized spacial score (nSPS) is 23.1. The Bertz CT molecular complexity index is 1570. The van der Waals surface area contributed by atoms with Crippen molar-refractivity contribution in [3.8, 4) is 5.75 Å². The van der Waals surface area contributed by atoms with E-state index >= 15 is 0 Å². The number of rotatable bonds is 5. The predicted octanol–water partition coefficient (Wildman–Crippen LogP) is 4.44. The van der Waals surface area contributed by atoms with E-state index < -0.39 is 5.41 Å².